The second kappa shape index (κ2) is 7.26. The Morgan fingerprint density at radius 3 is 2.40 bits per heavy atom. The quantitative estimate of drug-likeness (QED) is 0.743. The van der Waals surface area contributed by atoms with Crippen LogP contribution < -0.4 is 15.4 Å². The van der Waals surface area contributed by atoms with Crippen molar-refractivity contribution >= 4 is 11.6 Å². The highest BCUT2D eigenvalue weighted by molar-refractivity contribution is 5.88. The SMILES string of the molecule is CC(=O)Nc1ccc(OC[C@@H](O)CNC(C)(C)C)cc1. The van der Waals surface area contributed by atoms with Gasteiger partial charge in [0.05, 0.1) is 0 Å². The van der Waals surface area contributed by atoms with E-state index in [1.807, 2.05) is 20.8 Å². The Morgan fingerprint density at radius 1 is 1.30 bits per heavy atom. The first-order valence-corrected chi connectivity index (χ1v) is 6.70. The summed E-state index contributed by atoms with van der Waals surface area (Å²) in [4.78, 5) is 10.9. The van der Waals surface area contributed by atoms with Gasteiger partial charge in [0.25, 0.3) is 0 Å². The van der Waals surface area contributed by atoms with Crippen molar-refractivity contribution in [1.82, 2.24) is 5.32 Å². The maximum absolute atomic E-state index is 10.9. The van der Waals surface area contributed by atoms with Crippen molar-refractivity contribution in [3.8, 4) is 5.75 Å². The molecule has 112 valence electrons. The molecule has 1 aromatic carbocycles. The van der Waals surface area contributed by atoms with Crippen molar-refractivity contribution < 1.29 is 14.6 Å². The fourth-order valence-electron chi connectivity index (χ4n) is 1.51. The molecule has 0 bridgehead atoms. The first-order chi connectivity index (χ1) is 9.26. The van der Waals surface area contributed by atoms with Gasteiger partial charge in [0.2, 0.25) is 5.91 Å². The fourth-order valence-corrected chi connectivity index (χ4v) is 1.51. The van der Waals surface area contributed by atoms with Crippen molar-refractivity contribution in [1.29, 1.82) is 0 Å². The zero-order chi connectivity index (χ0) is 15.2. The second-order valence-corrected chi connectivity index (χ2v) is 5.80. The van der Waals surface area contributed by atoms with Gasteiger partial charge in [-0.3, -0.25) is 4.79 Å². The summed E-state index contributed by atoms with van der Waals surface area (Å²) in [7, 11) is 0. The highest BCUT2D eigenvalue weighted by atomic mass is 16.5. The van der Waals surface area contributed by atoms with E-state index in [9.17, 15) is 9.90 Å². The van der Waals surface area contributed by atoms with Crippen LogP contribution in [0.2, 0.25) is 0 Å². The van der Waals surface area contributed by atoms with Crippen molar-refractivity contribution in [2.24, 2.45) is 0 Å². The summed E-state index contributed by atoms with van der Waals surface area (Å²) in [5.74, 6) is 0.552. The van der Waals surface area contributed by atoms with E-state index in [1.165, 1.54) is 6.92 Å². The Morgan fingerprint density at radius 2 is 1.90 bits per heavy atom. The molecule has 1 aromatic rings. The van der Waals surface area contributed by atoms with Gasteiger partial charge in [-0.05, 0) is 45.0 Å². The molecule has 5 nitrogen and oxygen atoms in total. The predicted octanol–water partition coefficient (Wildman–Crippen LogP) is 1.77. The van der Waals surface area contributed by atoms with Gasteiger partial charge in [-0.1, -0.05) is 0 Å². The Balaban J connectivity index is 2.36. The van der Waals surface area contributed by atoms with Gasteiger partial charge in [0.15, 0.2) is 0 Å². The number of carbonyl (C=O) groups is 1. The number of carbonyl (C=O) groups excluding carboxylic acids is 1. The number of ether oxygens (including phenoxy) is 1. The Hall–Kier alpha value is -1.59. The number of aliphatic hydroxyl groups is 1. The first kappa shape index (κ1) is 16.5. The lowest BCUT2D eigenvalue weighted by Gasteiger charge is -2.23. The van der Waals surface area contributed by atoms with Crippen LogP contribution in [0.1, 0.15) is 27.7 Å². The number of amides is 1. The van der Waals surface area contributed by atoms with Gasteiger partial charge in [-0.2, -0.15) is 0 Å². The minimum atomic E-state index is -0.566. The standard InChI is InChI=1S/C15H24N2O3/c1-11(18)17-12-5-7-14(8-6-12)20-10-13(19)9-16-15(2,3)4/h5-8,13,16,19H,9-10H2,1-4H3,(H,17,18)/t13-/m0/s1. The van der Waals surface area contributed by atoms with Crippen LogP contribution in [-0.2, 0) is 4.79 Å². The van der Waals surface area contributed by atoms with Crippen LogP contribution in [0.4, 0.5) is 5.69 Å². The van der Waals surface area contributed by atoms with Crippen LogP contribution in [0, 0.1) is 0 Å². The van der Waals surface area contributed by atoms with Gasteiger partial charge in [0.1, 0.15) is 18.5 Å². The molecule has 1 rings (SSSR count). The number of anilines is 1. The Labute approximate surface area is 120 Å². The fraction of sp³-hybridized carbons (Fsp3) is 0.533. The lowest BCUT2D eigenvalue weighted by molar-refractivity contribution is -0.114. The summed E-state index contributed by atoms with van der Waals surface area (Å²) in [6.07, 6.45) is -0.566. The smallest absolute Gasteiger partial charge is 0.221 e. The van der Waals surface area contributed by atoms with E-state index >= 15 is 0 Å². The predicted molar refractivity (Wildman–Crippen MR) is 80.0 cm³/mol. The molecule has 0 aliphatic heterocycles. The van der Waals surface area contributed by atoms with E-state index in [0.29, 0.717) is 12.3 Å². The van der Waals surface area contributed by atoms with Crippen LogP contribution in [0.3, 0.4) is 0 Å². The summed E-state index contributed by atoms with van der Waals surface area (Å²) in [6.45, 7) is 8.29. The number of nitrogens with one attached hydrogen (secondary N) is 2. The summed E-state index contributed by atoms with van der Waals surface area (Å²) < 4.78 is 5.49. The molecule has 5 heteroatoms. The third kappa shape index (κ3) is 7.11. The summed E-state index contributed by atoms with van der Waals surface area (Å²) in [6, 6.07) is 7.04. The van der Waals surface area contributed by atoms with Crippen molar-refractivity contribution in [3.05, 3.63) is 24.3 Å². The number of rotatable bonds is 6. The van der Waals surface area contributed by atoms with Gasteiger partial charge in [-0.25, -0.2) is 0 Å². The van der Waals surface area contributed by atoms with Crippen LogP contribution in [0.15, 0.2) is 24.3 Å². The van der Waals surface area contributed by atoms with E-state index in [2.05, 4.69) is 10.6 Å². The highest BCUT2D eigenvalue weighted by Crippen LogP contribution is 2.15. The molecule has 0 saturated heterocycles. The molecular formula is C15H24N2O3. The first-order valence-electron chi connectivity index (χ1n) is 6.70. The molecule has 0 fully saturated rings. The van der Waals surface area contributed by atoms with Crippen molar-refractivity contribution in [2.45, 2.75) is 39.3 Å². The largest absolute Gasteiger partial charge is 0.491 e. The molecule has 0 saturated carbocycles. The normalized spacial score (nSPS) is 12.8. The molecule has 0 radical (unpaired) electrons. The average Bonchev–Trinajstić information content (AvgIpc) is 2.34. The Bertz CT molecular complexity index is 424. The van der Waals surface area contributed by atoms with Gasteiger partial charge >= 0.3 is 0 Å². The molecule has 0 heterocycles. The van der Waals surface area contributed by atoms with Crippen LogP contribution in [0.25, 0.3) is 0 Å². The average molecular weight is 280 g/mol. The molecule has 20 heavy (non-hydrogen) atoms. The minimum absolute atomic E-state index is 0.0268. The minimum Gasteiger partial charge on any atom is -0.491 e. The number of β-amino-alcohol motifs (C(OH)–C–C–N with tert-alkyl or cyclic N) is 1. The molecular weight excluding hydrogens is 256 g/mol. The molecule has 1 atom stereocenters. The maximum Gasteiger partial charge on any atom is 0.221 e. The third-order valence-corrected chi connectivity index (χ3v) is 2.49. The van der Waals surface area contributed by atoms with E-state index in [4.69, 9.17) is 4.74 Å². The summed E-state index contributed by atoms with van der Waals surface area (Å²) in [5, 5.41) is 15.7. The second-order valence-electron chi connectivity index (χ2n) is 5.80. The van der Waals surface area contributed by atoms with Crippen molar-refractivity contribution in [2.75, 3.05) is 18.5 Å². The van der Waals surface area contributed by atoms with Crippen LogP contribution >= 0.6 is 0 Å². The van der Waals surface area contributed by atoms with E-state index in [-0.39, 0.29) is 18.1 Å². The van der Waals surface area contributed by atoms with E-state index in [1.54, 1.807) is 24.3 Å². The molecule has 0 aromatic heterocycles. The molecule has 3 N–H and O–H groups in total. The van der Waals surface area contributed by atoms with E-state index < -0.39 is 6.10 Å². The van der Waals surface area contributed by atoms with Crippen LogP contribution in [-0.4, -0.2) is 35.8 Å². The molecule has 0 aliphatic rings. The number of benzene rings is 1. The number of hydrogen-bond acceptors (Lipinski definition) is 4. The molecule has 0 unspecified atom stereocenters. The lowest BCUT2D eigenvalue weighted by atomic mass is 10.1. The molecule has 1 amide bonds. The van der Waals surface area contributed by atoms with Gasteiger partial charge < -0.3 is 20.5 Å². The zero-order valence-corrected chi connectivity index (χ0v) is 12.6. The highest BCUT2D eigenvalue weighted by Gasteiger charge is 2.12. The Kier molecular flexibility index (Phi) is 5.98. The van der Waals surface area contributed by atoms with Gasteiger partial charge in [-0.15, -0.1) is 0 Å². The van der Waals surface area contributed by atoms with Crippen LogP contribution in [0.5, 0.6) is 5.75 Å². The topological polar surface area (TPSA) is 70.6 Å². The lowest BCUT2D eigenvalue weighted by Crippen LogP contribution is -2.42. The number of hydrogen-bond donors (Lipinski definition) is 3. The summed E-state index contributed by atoms with van der Waals surface area (Å²) in [5.41, 5.74) is 0.695. The van der Waals surface area contributed by atoms with Crippen molar-refractivity contribution in [3.63, 3.8) is 0 Å². The number of aliphatic hydroxyl groups excluding tert-OH is 1. The van der Waals surface area contributed by atoms with Gasteiger partial charge in [0, 0.05) is 24.7 Å². The van der Waals surface area contributed by atoms with E-state index in [0.717, 1.165) is 5.69 Å². The third-order valence-electron chi connectivity index (χ3n) is 2.49. The molecule has 0 aliphatic carbocycles. The zero-order valence-electron chi connectivity index (χ0n) is 12.6. The monoisotopic (exact) mass is 280 g/mol. The maximum atomic E-state index is 10.9. The summed E-state index contributed by atoms with van der Waals surface area (Å²) >= 11 is 0. The molecule has 0 spiro atoms.